The Hall–Kier alpha value is -1.60. The number of nitrogens with two attached hydrogens (primary N) is 1. The van der Waals surface area contributed by atoms with Crippen molar-refractivity contribution in [2.75, 3.05) is 12.8 Å². The second-order valence-electron chi connectivity index (χ2n) is 4.54. The van der Waals surface area contributed by atoms with Crippen LogP contribution in [0.15, 0.2) is 42.5 Å². The van der Waals surface area contributed by atoms with Crippen LogP contribution in [0.5, 0.6) is 0 Å². The normalized spacial score (nSPS) is 11.1. The summed E-state index contributed by atoms with van der Waals surface area (Å²) in [5.41, 5.74) is 10.1. The van der Waals surface area contributed by atoms with E-state index >= 15 is 0 Å². The standard InChI is InChI=1S/C15H14IN3O/c1-20-9-10-3-2-4-12(7-10)19-14-6-5-11(16)8-13(14)18-15(19)17/h2-8H,9H2,1H3,(H2,17,18). The maximum atomic E-state index is 6.08. The molecule has 1 aromatic heterocycles. The molecule has 0 bridgehead atoms. The fourth-order valence-electron chi connectivity index (χ4n) is 2.30. The van der Waals surface area contributed by atoms with Gasteiger partial charge in [0.15, 0.2) is 0 Å². The number of benzene rings is 2. The smallest absolute Gasteiger partial charge is 0.205 e. The number of ether oxygens (including phenoxy) is 1. The Morgan fingerprint density at radius 2 is 2.10 bits per heavy atom. The minimum Gasteiger partial charge on any atom is -0.380 e. The molecule has 0 saturated carbocycles. The molecule has 0 aliphatic heterocycles. The number of halogens is 1. The van der Waals surface area contributed by atoms with Gasteiger partial charge >= 0.3 is 0 Å². The number of anilines is 1. The lowest BCUT2D eigenvalue weighted by Crippen LogP contribution is -2.01. The third-order valence-electron chi connectivity index (χ3n) is 3.12. The van der Waals surface area contributed by atoms with E-state index in [-0.39, 0.29) is 0 Å². The maximum Gasteiger partial charge on any atom is 0.205 e. The van der Waals surface area contributed by atoms with Gasteiger partial charge in [0.1, 0.15) is 0 Å². The van der Waals surface area contributed by atoms with Crippen molar-refractivity contribution in [3.05, 3.63) is 51.6 Å². The predicted octanol–water partition coefficient (Wildman–Crippen LogP) is 3.36. The molecule has 0 atom stereocenters. The average Bonchev–Trinajstić information content (AvgIpc) is 2.74. The summed E-state index contributed by atoms with van der Waals surface area (Å²) in [6.07, 6.45) is 0. The summed E-state index contributed by atoms with van der Waals surface area (Å²) in [6.45, 7) is 0.582. The van der Waals surface area contributed by atoms with E-state index in [2.05, 4.69) is 39.7 Å². The highest BCUT2D eigenvalue weighted by Gasteiger charge is 2.10. The summed E-state index contributed by atoms with van der Waals surface area (Å²) >= 11 is 2.27. The SMILES string of the molecule is COCc1cccc(-n2c(N)nc3cc(I)ccc32)c1. The monoisotopic (exact) mass is 379 g/mol. The number of hydrogen-bond donors (Lipinski definition) is 1. The molecule has 0 radical (unpaired) electrons. The van der Waals surface area contributed by atoms with E-state index in [1.807, 2.05) is 34.9 Å². The number of fused-ring (bicyclic) bond motifs is 1. The Labute approximate surface area is 130 Å². The number of methoxy groups -OCH3 is 1. The van der Waals surface area contributed by atoms with Crippen LogP contribution in [0.25, 0.3) is 16.7 Å². The molecule has 0 aliphatic rings. The van der Waals surface area contributed by atoms with Crippen LogP contribution in [0.4, 0.5) is 5.95 Å². The Bertz CT molecular complexity index is 767. The number of hydrogen-bond acceptors (Lipinski definition) is 3. The third-order valence-corrected chi connectivity index (χ3v) is 3.79. The zero-order valence-electron chi connectivity index (χ0n) is 11.0. The zero-order chi connectivity index (χ0) is 14.1. The summed E-state index contributed by atoms with van der Waals surface area (Å²) in [7, 11) is 1.69. The highest BCUT2D eigenvalue weighted by molar-refractivity contribution is 14.1. The second kappa shape index (κ2) is 5.41. The van der Waals surface area contributed by atoms with Crippen LogP contribution in [0, 0.1) is 3.57 Å². The number of imidazole rings is 1. The van der Waals surface area contributed by atoms with E-state index in [0.29, 0.717) is 12.6 Å². The molecule has 2 aromatic carbocycles. The molecule has 0 saturated heterocycles. The van der Waals surface area contributed by atoms with E-state index in [1.54, 1.807) is 7.11 Å². The van der Waals surface area contributed by atoms with Gasteiger partial charge in [-0.15, -0.1) is 0 Å². The molecule has 0 spiro atoms. The first kappa shape index (κ1) is 13.4. The van der Waals surface area contributed by atoms with Gasteiger partial charge in [-0.3, -0.25) is 4.57 Å². The minimum absolute atomic E-state index is 0.497. The summed E-state index contributed by atoms with van der Waals surface area (Å²) in [6, 6.07) is 14.3. The van der Waals surface area contributed by atoms with E-state index in [4.69, 9.17) is 10.5 Å². The molecule has 3 rings (SSSR count). The fraction of sp³-hybridized carbons (Fsp3) is 0.133. The topological polar surface area (TPSA) is 53.1 Å². The highest BCUT2D eigenvalue weighted by Crippen LogP contribution is 2.25. The van der Waals surface area contributed by atoms with Crippen LogP contribution in [0.2, 0.25) is 0 Å². The Balaban J connectivity index is 2.18. The molecule has 20 heavy (non-hydrogen) atoms. The maximum absolute atomic E-state index is 6.08. The van der Waals surface area contributed by atoms with Crippen molar-refractivity contribution >= 4 is 39.6 Å². The molecule has 0 amide bonds. The third kappa shape index (κ3) is 2.38. The Morgan fingerprint density at radius 1 is 1.25 bits per heavy atom. The lowest BCUT2D eigenvalue weighted by Gasteiger charge is -2.08. The van der Waals surface area contributed by atoms with Gasteiger partial charge in [-0.05, 0) is 58.5 Å². The van der Waals surface area contributed by atoms with E-state index in [9.17, 15) is 0 Å². The summed E-state index contributed by atoms with van der Waals surface area (Å²) < 4.78 is 8.29. The molecular weight excluding hydrogens is 365 g/mol. The van der Waals surface area contributed by atoms with Crippen LogP contribution >= 0.6 is 22.6 Å². The van der Waals surface area contributed by atoms with Gasteiger partial charge in [0, 0.05) is 16.4 Å². The van der Waals surface area contributed by atoms with E-state index < -0.39 is 0 Å². The molecule has 4 nitrogen and oxygen atoms in total. The van der Waals surface area contributed by atoms with Gasteiger partial charge in [0.05, 0.1) is 17.6 Å². The Morgan fingerprint density at radius 3 is 2.90 bits per heavy atom. The van der Waals surface area contributed by atoms with Crippen molar-refractivity contribution in [3.63, 3.8) is 0 Å². The quantitative estimate of drug-likeness (QED) is 0.711. The van der Waals surface area contributed by atoms with Gasteiger partial charge in [0.2, 0.25) is 5.95 Å². The first-order valence-corrected chi connectivity index (χ1v) is 7.28. The van der Waals surface area contributed by atoms with E-state index in [0.717, 1.165) is 25.9 Å². The first-order valence-electron chi connectivity index (χ1n) is 6.21. The largest absolute Gasteiger partial charge is 0.380 e. The molecule has 0 unspecified atom stereocenters. The van der Waals surface area contributed by atoms with Crippen molar-refractivity contribution in [1.82, 2.24) is 9.55 Å². The van der Waals surface area contributed by atoms with Gasteiger partial charge < -0.3 is 10.5 Å². The van der Waals surface area contributed by atoms with Crippen LogP contribution in [0.1, 0.15) is 5.56 Å². The van der Waals surface area contributed by atoms with Crippen LogP contribution in [-0.4, -0.2) is 16.7 Å². The van der Waals surface area contributed by atoms with Crippen LogP contribution in [0.3, 0.4) is 0 Å². The molecule has 2 N–H and O–H groups in total. The number of aromatic nitrogens is 2. The fourth-order valence-corrected chi connectivity index (χ4v) is 2.77. The average molecular weight is 379 g/mol. The zero-order valence-corrected chi connectivity index (χ0v) is 13.2. The van der Waals surface area contributed by atoms with E-state index in [1.165, 1.54) is 0 Å². The molecule has 0 fully saturated rings. The lowest BCUT2D eigenvalue weighted by atomic mass is 10.2. The molecule has 3 aromatic rings. The highest BCUT2D eigenvalue weighted by atomic mass is 127. The summed E-state index contributed by atoms with van der Waals surface area (Å²) in [4.78, 5) is 4.43. The number of nitrogen functional groups attached to an aromatic ring is 1. The molecular formula is C15H14IN3O. The van der Waals surface area contributed by atoms with Crippen molar-refractivity contribution in [2.24, 2.45) is 0 Å². The van der Waals surface area contributed by atoms with Gasteiger partial charge in [-0.25, -0.2) is 4.98 Å². The van der Waals surface area contributed by atoms with Gasteiger partial charge in [-0.1, -0.05) is 12.1 Å². The first-order chi connectivity index (χ1) is 9.69. The summed E-state index contributed by atoms with van der Waals surface area (Å²) in [5.74, 6) is 0.497. The van der Waals surface area contributed by atoms with Gasteiger partial charge in [-0.2, -0.15) is 0 Å². The predicted molar refractivity (Wildman–Crippen MR) is 88.9 cm³/mol. The molecule has 102 valence electrons. The molecule has 1 heterocycles. The molecule has 0 aliphatic carbocycles. The minimum atomic E-state index is 0.497. The lowest BCUT2D eigenvalue weighted by molar-refractivity contribution is 0.185. The number of nitrogens with zero attached hydrogens (tertiary/aromatic N) is 2. The Kier molecular flexibility index (Phi) is 3.62. The summed E-state index contributed by atoms with van der Waals surface area (Å²) in [5, 5.41) is 0. The van der Waals surface area contributed by atoms with Crippen molar-refractivity contribution in [2.45, 2.75) is 6.61 Å². The van der Waals surface area contributed by atoms with Crippen molar-refractivity contribution in [3.8, 4) is 5.69 Å². The van der Waals surface area contributed by atoms with Crippen LogP contribution in [-0.2, 0) is 11.3 Å². The second-order valence-corrected chi connectivity index (χ2v) is 5.79. The van der Waals surface area contributed by atoms with Crippen molar-refractivity contribution in [1.29, 1.82) is 0 Å². The van der Waals surface area contributed by atoms with Crippen LogP contribution < -0.4 is 5.73 Å². The van der Waals surface area contributed by atoms with Gasteiger partial charge in [0.25, 0.3) is 0 Å². The molecule has 5 heteroatoms. The van der Waals surface area contributed by atoms with Crippen molar-refractivity contribution < 1.29 is 4.74 Å². The number of rotatable bonds is 3.